The number of esters is 1. The number of benzene rings is 1. The van der Waals surface area contributed by atoms with Crippen LogP contribution in [0.5, 0.6) is 11.5 Å². The van der Waals surface area contributed by atoms with Gasteiger partial charge in [-0.15, -0.1) is 0 Å². The van der Waals surface area contributed by atoms with Crippen LogP contribution in [0.15, 0.2) is 30.4 Å². The van der Waals surface area contributed by atoms with E-state index in [1.807, 2.05) is 6.92 Å². The number of nitro groups is 1. The quantitative estimate of drug-likeness (QED) is 0.269. The molecular weight excluding hydrogens is 344 g/mol. The van der Waals surface area contributed by atoms with Crippen LogP contribution in [0.2, 0.25) is 0 Å². The summed E-state index contributed by atoms with van der Waals surface area (Å²) < 4.78 is 15.0. The largest absolute Gasteiger partial charge is 0.490 e. The molecule has 0 bridgehead atoms. The maximum absolute atomic E-state index is 12.0. The van der Waals surface area contributed by atoms with Crippen LogP contribution in [0.25, 0.3) is 0 Å². The van der Waals surface area contributed by atoms with Crippen molar-refractivity contribution in [1.29, 1.82) is 0 Å². The summed E-state index contributed by atoms with van der Waals surface area (Å²) in [5.41, 5.74) is 0.604. The summed E-state index contributed by atoms with van der Waals surface area (Å²) in [5.74, 6) is -0.856. The Bertz CT molecular complexity index is 688. The Morgan fingerprint density at radius 3 is 2.54 bits per heavy atom. The number of ether oxygens (including phenoxy) is 3. The summed E-state index contributed by atoms with van der Waals surface area (Å²) in [6.07, 6.45) is 0. The molecule has 0 atom stereocenters. The molecule has 1 aromatic carbocycles. The first kappa shape index (κ1) is 20.9. The lowest BCUT2D eigenvalue weighted by molar-refractivity contribution is -0.385. The highest BCUT2D eigenvalue weighted by Crippen LogP contribution is 2.30. The number of methoxy groups -OCH3 is 1. The highest BCUT2D eigenvalue weighted by atomic mass is 16.6. The molecule has 0 aliphatic carbocycles. The highest BCUT2D eigenvalue weighted by Gasteiger charge is 2.17. The van der Waals surface area contributed by atoms with Crippen LogP contribution in [0, 0.1) is 10.1 Å². The number of carbonyl (C=O) groups is 2. The predicted octanol–water partition coefficient (Wildman–Crippen LogP) is 1.95. The minimum absolute atomic E-state index is 0.00873. The van der Waals surface area contributed by atoms with E-state index in [9.17, 15) is 19.7 Å². The zero-order valence-corrected chi connectivity index (χ0v) is 15.0. The van der Waals surface area contributed by atoms with Crippen molar-refractivity contribution in [2.45, 2.75) is 13.8 Å². The summed E-state index contributed by atoms with van der Waals surface area (Å²) in [6, 6.07) is 3.84. The zero-order valence-electron chi connectivity index (χ0n) is 15.0. The Labute approximate surface area is 151 Å². The van der Waals surface area contributed by atoms with Crippen molar-refractivity contribution in [3.8, 4) is 11.5 Å². The van der Waals surface area contributed by atoms with Crippen LogP contribution < -0.4 is 9.47 Å². The van der Waals surface area contributed by atoms with E-state index in [2.05, 4.69) is 6.58 Å². The lowest BCUT2D eigenvalue weighted by atomic mass is 10.3. The number of carbonyl (C=O) groups excluding carboxylic acids is 2. The summed E-state index contributed by atoms with van der Waals surface area (Å²) in [6.45, 7) is 7.38. The third-order valence-electron chi connectivity index (χ3n) is 3.26. The van der Waals surface area contributed by atoms with E-state index in [-0.39, 0.29) is 23.1 Å². The van der Waals surface area contributed by atoms with E-state index in [0.717, 1.165) is 5.57 Å². The number of nitro benzene ring substituents is 1. The molecule has 26 heavy (non-hydrogen) atoms. The molecule has 142 valence electrons. The van der Waals surface area contributed by atoms with Gasteiger partial charge in [0.1, 0.15) is 5.75 Å². The second-order valence-corrected chi connectivity index (χ2v) is 5.41. The molecule has 0 fully saturated rings. The van der Waals surface area contributed by atoms with Gasteiger partial charge in [-0.25, -0.2) is 4.79 Å². The van der Waals surface area contributed by atoms with Crippen molar-refractivity contribution < 1.29 is 28.7 Å². The first-order valence-corrected chi connectivity index (χ1v) is 7.81. The van der Waals surface area contributed by atoms with Gasteiger partial charge in [-0.3, -0.25) is 14.9 Å². The third-order valence-corrected chi connectivity index (χ3v) is 3.26. The van der Waals surface area contributed by atoms with Gasteiger partial charge in [0.2, 0.25) is 5.75 Å². The molecule has 1 aromatic rings. The molecule has 0 saturated heterocycles. The molecule has 0 radical (unpaired) electrons. The van der Waals surface area contributed by atoms with Gasteiger partial charge < -0.3 is 19.1 Å². The Hall–Kier alpha value is -3.10. The van der Waals surface area contributed by atoms with Crippen LogP contribution in [-0.4, -0.2) is 55.1 Å². The zero-order chi connectivity index (χ0) is 19.7. The maximum atomic E-state index is 12.0. The summed E-state index contributed by atoms with van der Waals surface area (Å²) in [7, 11) is 1.29. The van der Waals surface area contributed by atoms with E-state index < -0.39 is 24.1 Å². The fourth-order valence-electron chi connectivity index (χ4n) is 2.02. The summed E-state index contributed by atoms with van der Waals surface area (Å²) >= 11 is 0. The lowest BCUT2D eigenvalue weighted by Gasteiger charge is -2.20. The van der Waals surface area contributed by atoms with Gasteiger partial charge in [-0.05, 0) is 19.9 Å². The van der Waals surface area contributed by atoms with Crippen LogP contribution in [0.3, 0.4) is 0 Å². The van der Waals surface area contributed by atoms with E-state index >= 15 is 0 Å². The molecule has 0 aromatic heterocycles. The van der Waals surface area contributed by atoms with Gasteiger partial charge in [-0.1, -0.05) is 12.2 Å². The average Bonchev–Trinajstić information content (AvgIpc) is 2.61. The number of amides is 1. The predicted molar refractivity (Wildman–Crippen MR) is 93.2 cm³/mol. The van der Waals surface area contributed by atoms with Gasteiger partial charge in [0.25, 0.3) is 5.91 Å². The molecule has 0 N–H and O–H groups in total. The molecule has 9 heteroatoms. The van der Waals surface area contributed by atoms with Gasteiger partial charge in [0, 0.05) is 25.2 Å². The Morgan fingerprint density at radius 1 is 1.31 bits per heavy atom. The summed E-state index contributed by atoms with van der Waals surface area (Å²) in [4.78, 5) is 35.4. The van der Waals surface area contributed by atoms with E-state index in [0.29, 0.717) is 13.1 Å². The number of likely N-dealkylation sites (N-methyl/N-ethyl adjacent to an activating group) is 1. The number of hydrogen-bond donors (Lipinski definition) is 0. The van der Waals surface area contributed by atoms with Crippen molar-refractivity contribution in [1.82, 2.24) is 4.90 Å². The van der Waals surface area contributed by atoms with Crippen LogP contribution in [0.4, 0.5) is 5.69 Å². The SMILES string of the molecule is C=C(C)CN(CC)C(=O)COC(=O)COc1ccc([N+](=O)[O-])c(OC)c1. The molecule has 0 unspecified atom stereocenters. The molecule has 0 saturated carbocycles. The fourth-order valence-corrected chi connectivity index (χ4v) is 2.02. The standard InChI is InChI=1S/C17H22N2O7/c1-5-18(9-12(2)3)16(20)10-26-17(21)11-25-13-6-7-14(19(22)23)15(8-13)24-4/h6-8H,2,5,9-11H2,1,3-4H3. The van der Waals surface area contributed by atoms with Crippen LogP contribution >= 0.6 is 0 Å². The molecule has 1 amide bonds. The van der Waals surface area contributed by atoms with E-state index in [1.54, 1.807) is 6.92 Å². The third kappa shape index (κ3) is 6.42. The maximum Gasteiger partial charge on any atom is 0.344 e. The number of rotatable bonds is 10. The topological polar surface area (TPSA) is 108 Å². The average molecular weight is 366 g/mol. The molecule has 0 aliphatic rings. The van der Waals surface area contributed by atoms with Crippen molar-refractivity contribution in [2.24, 2.45) is 0 Å². The van der Waals surface area contributed by atoms with Crippen molar-refractivity contribution in [3.05, 3.63) is 40.5 Å². The van der Waals surface area contributed by atoms with Crippen molar-refractivity contribution in [2.75, 3.05) is 33.4 Å². The normalized spacial score (nSPS) is 9.96. The molecule has 9 nitrogen and oxygen atoms in total. The van der Waals surface area contributed by atoms with E-state index in [1.165, 1.54) is 30.2 Å². The second-order valence-electron chi connectivity index (χ2n) is 5.41. The summed E-state index contributed by atoms with van der Waals surface area (Å²) in [5, 5.41) is 10.8. The van der Waals surface area contributed by atoms with E-state index in [4.69, 9.17) is 14.2 Å². The fraction of sp³-hybridized carbons (Fsp3) is 0.412. The second kappa shape index (κ2) is 10.0. The number of nitrogens with zero attached hydrogens (tertiary/aromatic N) is 2. The number of hydrogen-bond acceptors (Lipinski definition) is 7. The lowest BCUT2D eigenvalue weighted by Crippen LogP contribution is -2.36. The van der Waals surface area contributed by atoms with Gasteiger partial charge in [0.05, 0.1) is 12.0 Å². The van der Waals surface area contributed by atoms with Crippen molar-refractivity contribution in [3.63, 3.8) is 0 Å². The van der Waals surface area contributed by atoms with Gasteiger partial charge >= 0.3 is 11.7 Å². The first-order valence-electron chi connectivity index (χ1n) is 7.81. The Kier molecular flexibility index (Phi) is 8.07. The Balaban J connectivity index is 2.53. The monoisotopic (exact) mass is 366 g/mol. The molecule has 1 rings (SSSR count). The van der Waals surface area contributed by atoms with Gasteiger partial charge in [0.15, 0.2) is 13.2 Å². The molecule has 0 heterocycles. The van der Waals surface area contributed by atoms with Crippen LogP contribution in [-0.2, 0) is 14.3 Å². The minimum Gasteiger partial charge on any atom is -0.490 e. The molecular formula is C17H22N2O7. The van der Waals surface area contributed by atoms with Crippen molar-refractivity contribution >= 4 is 17.6 Å². The first-order chi connectivity index (χ1) is 12.3. The minimum atomic E-state index is -0.734. The highest BCUT2D eigenvalue weighted by molar-refractivity contribution is 5.81. The molecule has 0 spiro atoms. The van der Waals surface area contributed by atoms with Crippen LogP contribution in [0.1, 0.15) is 13.8 Å². The smallest absolute Gasteiger partial charge is 0.344 e. The Morgan fingerprint density at radius 2 is 2.00 bits per heavy atom. The molecule has 0 aliphatic heterocycles. The van der Waals surface area contributed by atoms with Gasteiger partial charge in [-0.2, -0.15) is 0 Å².